The summed E-state index contributed by atoms with van der Waals surface area (Å²) in [6, 6.07) is 32.7. The summed E-state index contributed by atoms with van der Waals surface area (Å²) in [5.74, 6) is 0.450. The second-order valence-corrected chi connectivity index (χ2v) is 12.0. The zero-order valence-corrected chi connectivity index (χ0v) is 23.3. The van der Waals surface area contributed by atoms with Crippen LogP contribution in [0.1, 0.15) is 12.8 Å². The first-order valence-corrected chi connectivity index (χ1v) is 14.8. The zero-order valence-electron chi connectivity index (χ0n) is 21.7. The van der Waals surface area contributed by atoms with Crippen molar-refractivity contribution in [3.8, 4) is 11.5 Å². The van der Waals surface area contributed by atoms with Crippen molar-refractivity contribution < 1.29 is 23.9 Å². The van der Waals surface area contributed by atoms with E-state index in [4.69, 9.17) is 4.74 Å². The number of ether oxygens (including phenoxy) is 1. The predicted octanol–water partition coefficient (Wildman–Crippen LogP) is 6.33. The Balaban J connectivity index is 1.04. The molecule has 2 aliphatic rings. The Hall–Kier alpha value is -4.34. The Morgan fingerprint density at radius 1 is 0.512 bits per heavy atom. The van der Waals surface area contributed by atoms with Gasteiger partial charge < -0.3 is 4.74 Å². The van der Waals surface area contributed by atoms with E-state index in [9.17, 15) is 19.2 Å². The molecule has 204 valence electrons. The second-order valence-electron chi connectivity index (χ2n) is 9.47. The number of hydrogen-bond acceptors (Lipinski definition) is 7. The second kappa shape index (κ2) is 11.6. The Bertz CT molecular complexity index is 1470. The van der Waals surface area contributed by atoms with Gasteiger partial charge in [0.15, 0.2) is 0 Å². The predicted molar refractivity (Wildman–Crippen MR) is 159 cm³/mol. The van der Waals surface area contributed by atoms with E-state index in [1.807, 2.05) is 60.7 Å². The summed E-state index contributed by atoms with van der Waals surface area (Å²) < 4.78 is 5.98. The van der Waals surface area contributed by atoms with E-state index in [0.29, 0.717) is 22.9 Å². The fraction of sp³-hybridized carbons (Fsp3) is 0.125. The van der Waals surface area contributed by atoms with Crippen molar-refractivity contribution in [2.45, 2.75) is 33.1 Å². The molecule has 4 amide bonds. The molecular formula is C32H24N2O5S2. The smallest absolute Gasteiger partial charge is 0.247 e. The van der Waals surface area contributed by atoms with Crippen molar-refractivity contribution in [1.82, 2.24) is 0 Å². The van der Waals surface area contributed by atoms with Crippen LogP contribution in [0.5, 0.6) is 11.5 Å². The van der Waals surface area contributed by atoms with Crippen molar-refractivity contribution in [1.29, 1.82) is 0 Å². The van der Waals surface area contributed by atoms with Crippen LogP contribution in [-0.2, 0) is 19.2 Å². The molecule has 4 aromatic rings. The maximum absolute atomic E-state index is 12.9. The van der Waals surface area contributed by atoms with Gasteiger partial charge in [-0.3, -0.25) is 19.2 Å². The lowest BCUT2D eigenvalue weighted by molar-refractivity contribution is -0.122. The van der Waals surface area contributed by atoms with Crippen LogP contribution in [0.3, 0.4) is 0 Å². The summed E-state index contributed by atoms with van der Waals surface area (Å²) in [7, 11) is 0. The Morgan fingerprint density at radius 2 is 0.878 bits per heavy atom. The number of imide groups is 2. The third-order valence-electron chi connectivity index (χ3n) is 6.68. The summed E-state index contributed by atoms with van der Waals surface area (Å²) in [6.07, 6.45) is 0.317. The maximum Gasteiger partial charge on any atom is 0.247 e. The molecule has 0 aliphatic carbocycles. The number of benzene rings is 4. The van der Waals surface area contributed by atoms with E-state index < -0.39 is 10.5 Å². The van der Waals surface area contributed by atoms with E-state index in [1.165, 1.54) is 33.3 Å². The minimum absolute atomic E-state index is 0.159. The fourth-order valence-corrected chi connectivity index (χ4v) is 6.83. The normalized spacial score (nSPS) is 18.8. The first-order chi connectivity index (χ1) is 20.0. The number of rotatable bonds is 8. The van der Waals surface area contributed by atoms with Crippen molar-refractivity contribution >= 4 is 58.5 Å². The van der Waals surface area contributed by atoms with Gasteiger partial charge in [0.1, 0.15) is 11.5 Å². The molecule has 41 heavy (non-hydrogen) atoms. The number of anilines is 2. The van der Waals surface area contributed by atoms with Crippen molar-refractivity contribution in [3.05, 3.63) is 109 Å². The maximum atomic E-state index is 12.9. The molecule has 6 rings (SSSR count). The average molecular weight is 581 g/mol. The summed E-state index contributed by atoms with van der Waals surface area (Å²) in [4.78, 5) is 55.1. The number of nitrogens with zero attached hydrogens (tertiary/aromatic N) is 2. The molecule has 2 aliphatic heterocycles. The SMILES string of the molecule is O=C1C[C@@H](Sc2ccc(Oc3ccc(S[C@@H]4CC(=O)N(c5ccccc5)C4=O)cc3)cc2)C(=O)N1c1ccccc1. The minimum atomic E-state index is -0.471. The van der Waals surface area contributed by atoms with Crippen LogP contribution in [0.2, 0.25) is 0 Å². The summed E-state index contributed by atoms with van der Waals surface area (Å²) >= 11 is 2.73. The van der Waals surface area contributed by atoms with Gasteiger partial charge in [-0.05, 0) is 72.8 Å². The number of amides is 4. The molecule has 0 bridgehead atoms. The summed E-state index contributed by atoms with van der Waals surface area (Å²) in [6.45, 7) is 0. The Kier molecular flexibility index (Phi) is 7.63. The third kappa shape index (κ3) is 5.77. The van der Waals surface area contributed by atoms with Gasteiger partial charge in [-0.25, -0.2) is 9.80 Å². The van der Waals surface area contributed by atoms with Gasteiger partial charge in [-0.1, -0.05) is 36.4 Å². The molecule has 0 aromatic heterocycles. The van der Waals surface area contributed by atoms with Crippen LogP contribution < -0.4 is 14.5 Å². The third-order valence-corrected chi connectivity index (χ3v) is 9.07. The zero-order chi connectivity index (χ0) is 28.3. The molecule has 2 heterocycles. The lowest BCUT2D eigenvalue weighted by Gasteiger charge is -2.15. The molecule has 0 N–H and O–H groups in total. The fourth-order valence-electron chi connectivity index (χ4n) is 4.73. The average Bonchev–Trinajstić information content (AvgIpc) is 3.43. The molecule has 7 nitrogen and oxygen atoms in total. The highest BCUT2D eigenvalue weighted by Crippen LogP contribution is 2.37. The number of hydrogen-bond donors (Lipinski definition) is 0. The highest BCUT2D eigenvalue weighted by atomic mass is 32.2. The van der Waals surface area contributed by atoms with Gasteiger partial charge in [-0.2, -0.15) is 0 Å². The first-order valence-electron chi connectivity index (χ1n) is 13.0. The van der Waals surface area contributed by atoms with E-state index in [0.717, 1.165) is 9.79 Å². The van der Waals surface area contributed by atoms with Crippen molar-refractivity contribution in [2.24, 2.45) is 0 Å². The quantitative estimate of drug-likeness (QED) is 0.225. The van der Waals surface area contributed by atoms with Crippen LogP contribution in [0, 0.1) is 0 Å². The van der Waals surface area contributed by atoms with Gasteiger partial charge in [0, 0.05) is 22.6 Å². The van der Waals surface area contributed by atoms with Crippen LogP contribution in [0.4, 0.5) is 11.4 Å². The molecule has 9 heteroatoms. The van der Waals surface area contributed by atoms with Gasteiger partial charge in [0.2, 0.25) is 23.6 Å². The van der Waals surface area contributed by atoms with Gasteiger partial charge in [0.05, 0.1) is 21.9 Å². The molecule has 2 atom stereocenters. The molecule has 0 spiro atoms. The summed E-state index contributed by atoms with van der Waals surface area (Å²) in [5.41, 5.74) is 1.19. The molecule has 0 unspecified atom stereocenters. The van der Waals surface area contributed by atoms with Crippen LogP contribution in [0.25, 0.3) is 0 Å². The number of carbonyl (C=O) groups is 4. The lowest BCUT2D eigenvalue weighted by atomic mass is 10.3. The molecule has 4 aromatic carbocycles. The largest absolute Gasteiger partial charge is 0.457 e. The first kappa shape index (κ1) is 26.9. The number of thioether (sulfide) groups is 2. The Morgan fingerprint density at radius 3 is 1.24 bits per heavy atom. The molecule has 2 saturated heterocycles. The van der Waals surface area contributed by atoms with E-state index in [2.05, 4.69) is 0 Å². The van der Waals surface area contributed by atoms with Crippen LogP contribution in [0.15, 0.2) is 119 Å². The topological polar surface area (TPSA) is 84.0 Å². The van der Waals surface area contributed by atoms with E-state index in [1.54, 1.807) is 48.5 Å². The lowest BCUT2D eigenvalue weighted by Crippen LogP contribution is -2.30. The monoisotopic (exact) mass is 580 g/mol. The molecular weight excluding hydrogens is 556 g/mol. The Labute approximate surface area is 245 Å². The standard InChI is InChI=1S/C32H24N2O5S2/c35-29-19-27(31(37)33(29)21-7-3-1-4-8-21)40-25-15-11-23(12-16-25)39-24-13-17-26(18-14-24)41-28-20-30(36)34(32(28)38)22-9-5-2-6-10-22/h1-18,27-28H,19-20H2/t27-,28-/m1/s1. The molecule has 0 radical (unpaired) electrons. The van der Waals surface area contributed by atoms with Gasteiger partial charge >= 0.3 is 0 Å². The van der Waals surface area contributed by atoms with Crippen LogP contribution >= 0.6 is 23.5 Å². The summed E-state index contributed by atoms with van der Waals surface area (Å²) in [5, 5.41) is -0.942. The highest BCUT2D eigenvalue weighted by Gasteiger charge is 2.41. The van der Waals surface area contributed by atoms with Crippen molar-refractivity contribution in [3.63, 3.8) is 0 Å². The van der Waals surface area contributed by atoms with E-state index >= 15 is 0 Å². The number of carbonyl (C=O) groups excluding carboxylic acids is 4. The highest BCUT2D eigenvalue weighted by molar-refractivity contribution is 8.01. The van der Waals surface area contributed by atoms with Crippen molar-refractivity contribution in [2.75, 3.05) is 9.80 Å². The van der Waals surface area contributed by atoms with Crippen LogP contribution in [-0.4, -0.2) is 34.1 Å². The number of para-hydroxylation sites is 2. The van der Waals surface area contributed by atoms with Gasteiger partial charge in [-0.15, -0.1) is 23.5 Å². The molecule has 2 fully saturated rings. The minimum Gasteiger partial charge on any atom is -0.457 e. The van der Waals surface area contributed by atoms with Gasteiger partial charge in [0.25, 0.3) is 0 Å². The van der Waals surface area contributed by atoms with E-state index in [-0.39, 0.29) is 36.5 Å². The molecule has 0 saturated carbocycles.